The molecule has 23 heavy (non-hydrogen) atoms. The van der Waals surface area contributed by atoms with Crippen molar-refractivity contribution in [3.63, 3.8) is 0 Å². The molecule has 0 saturated carbocycles. The lowest BCUT2D eigenvalue weighted by molar-refractivity contribution is 0.333. The van der Waals surface area contributed by atoms with Gasteiger partial charge in [-0.15, -0.1) is 0 Å². The molecule has 0 aliphatic carbocycles. The summed E-state index contributed by atoms with van der Waals surface area (Å²) in [5, 5.41) is 3.88. The minimum absolute atomic E-state index is 0.251. The van der Waals surface area contributed by atoms with Crippen LogP contribution in [0, 0.1) is 13.8 Å². The van der Waals surface area contributed by atoms with Gasteiger partial charge in [0, 0.05) is 12.1 Å². The van der Waals surface area contributed by atoms with Crippen LogP contribution in [0.4, 0.5) is 0 Å². The van der Waals surface area contributed by atoms with Crippen LogP contribution in [0.15, 0.2) is 27.3 Å². The lowest BCUT2D eigenvalue weighted by Crippen LogP contribution is -2.41. The Bertz CT molecular complexity index is 747. The third-order valence-corrected chi connectivity index (χ3v) is 5.94. The van der Waals surface area contributed by atoms with E-state index in [2.05, 4.69) is 9.88 Å². The first-order valence-corrected chi connectivity index (χ1v) is 9.09. The predicted octanol–water partition coefficient (Wildman–Crippen LogP) is 2.62. The van der Waals surface area contributed by atoms with Crippen molar-refractivity contribution in [1.29, 1.82) is 0 Å². The van der Waals surface area contributed by atoms with Crippen molar-refractivity contribution in [2.45, 2.75) is 45.7 Å². The van der Waals surface area contributed by atoms with E-state index in [1.54, 1.807) is 33.1 Å². The van der Waals surface area contributed by atoms with Gasteiger partial charge < -0.3 is 8.94 Å². The smallest absolute Gasteiger partial charge is 0.280 e. The summed E-state index contributed by atoms with van der Waals surface area (Å²) < 4.78 is 40.3. The maximum atomic E-state index is 12.8. The molecule has 1 N–H and O–H groups in total. The number of hydrogen-bond donors (Lipinski definition) is 1. The standard InChI is InChI=1S/C15H21N3O4S/c1-10-15(12(3)22-16-10)11(2)17-23(19,20)18-8-4-6-13(18)14-7-5-9-21-14/h5,7,9,11,13,17H,4,6,8H2,1-3H3/t11-,13-/m1/s1. The van der Waals surface area contributed by atoms with Gasteiger partial charge in [0.05, 0.1) is 24.0 Å². The molecule has 2 atom stereocenters. The van der Waals surface area contributed by atoms with Crippen LogP contribution in [0.1, 0.15) is 54.6 Å². The van der Waals surface area contributed by atoms with E-state index in [9.17, 15) is 8.42 Å². The Hall–Kier alpha value is -1.64. The third kappa shape index (κ3) is 3.06. The largest absolute Gasteiger partial charge is 0.468 e. The van der Waals surface area contributed by atoms with Gasteiger partial charge in [0.15, 0.2) is 0 Å². The van der Waals surface area contributed by atoms with Crippen LogP contribution in [0.2, 0.25) is 0 Å². The van der Waals surface area contributed by atoms with Crippen LogP contribution >= 0.6 is 0 Å². The number of nitrogens with one attached hydrogen (secondary N) is 1. The van der Waals surface area contributed by atoms with Gasteiger partial charge in [-0.3, -0.25) is 0 Å². The molecule has 126 valence electrons. The van der Waals surface area contributed by atoms with E-state index in [1.807, 2.05) is 6.07 Å². The highest BCUT2D eigenvalue weighted by Gasteiger charge is 2.37. The minimum atomic E-state index is -3.64. The van der Waals surface area contributed by atoms with Gasteiger partial charge in [-0.25, -0.2) is 0 Å². The van der Waals surface area contributed by atoms with Crippen molar-refractivity contribution in [2.75, 3.05) is 6.54 Å². The topological polar surface area (TPSA) is 88.6 Å². The first-order chi connectivity index (χ1) is 10.9. The summed E-state index contributed by atoms with van der Waals surface area (Å²) in [5.74, 6) is 1.31. The third-order valence-electron chi connectivity index (χ3n) is 4.23. The maximum Gasteiger partial charge on any atom is 0.280 e. The molecule has 1 fully saturated rings. The second-order valence-corrected chi connectivity index (χ2v) is 7.52. The monoisotopic (exact) mass is 339 g/mol. The number of hydrogen-bond acceptors (Lipinski definition) is 5. The molecule has 3 rings (SSSR count). The molecule has 7 nitrogen and oxygen atoms in total. The molecule has 1 aliphatic rings. The number of aromatic nitrogens is 1. The molecule has 2 aromatic rings. The maximum absolute atomic E-state index is 12.8. The van der Waals surface area contributed by atoms with E-state index in [-0.39, 0.29) is 6.04 Å². The normalized spacial score (nSPS) is 20.9. The molecule has 2 aromatic heterocycles. The number of nitrogens with zero attached hydrogens (tertiary/aromatic N) is 2. The number of aryl methyl sites for hydroxylation is 2. The SMILES string of the molecule is Cc1noc(C)c1[C@@H](C)NS(=O)(=O)N1CCC[C@@H]1c1ccco1. The summed E-state index contributed by atoms with van der Waals surface area (Å²) >= 11 is 0. The van der Waals surface area contributed by atoms with Gasteiger partial charge in [0.25, 0.3) is 10.2 Å². The van der Waals surface area contributed by atoms with Gasteiger partial charge in [-0.1, -0.05) is 5.16 Å². The van der Waals surface area contributed by atoms with Crippen LogP contribution in [0.5, 0.6) is 0 Å². The lowest BCUT2D eigenvalue weighted by Gasteiger charge is -2.25. The van der Waals surface area contributed by atoms with Crippen molar-refractivity contribution < 1.29 is 17.4 Å². The summed E-state index contributed by atoms with van der Waals surface area (Å²) in [6.07, 6.45) is 3.14. The number of furan rings is 1. The zero-order chi connectivity index (χ0) is 16.6. The molecule has 1 saturated heterocycles. The lowest BCUT2D eigenvalue weighted by atomic mass is 10.1. The Kier molecular flexibility index (Phi) is 4.31. The quantitative estimate of drug-likeness (QED) is 0.904. The Labute approximate surface area is 135 Å². The second-order valence-electron chi connectivity index (χ2n) is 5.87. The fourth-order valence-electron chi connectivity index (χ4n) is 3.25. The predicted molar refractivity (Wildman–Crippen MR) is 83.8 cm³/mol. The molecule has 3 heterocycles. The molecule has 8 heteroatoms. The summed E-state index contributed by atoms with van der Waals surface area (Å²) in [5.41, 5.74) is 1.48. The molecule has 0 radical (unpaired) electrons. The molecule has 0 bridgehead atoms. The molecule has 0 amide bonds. The van der Waals surface area contributed by atoms with Crippen LogP contribution in [-0.4, -0.2) is 24.4 Å². The van der Waals surface area contributed by atoms with Crippen molar-refractivity contribution >= 4 is 10.2 Å². The van der Waals surface area contributed by atoms with Crippen LogP contribution in [0.3, 0.4) is 0 Å². The molecule has 1 aliphatic heterocycles. The van der Waals surface area contributed by atoms with Gasteiger partial charge in [-0.05, 0) is 45.7 Å². The van der Waals surface area contributed by atoms with E-state index < -0.39 is 16.3 Å². The average Bonchev–Trinajstić information content (AvgIpc) is 3.17. The second kappa shape index (κ2) is 6.10. The molecule has 0 spiro atoms. The zero-order valence-corrected chi connectivity index (χ0v) is 14.3. The van der Waals surface area contributed by atoms with E-state index in [4.69, 9.17) is 8.94 Å². The Balaban J connectivity index is 1.81. The highest BCUT2D eigenvalue weighted by atomic mass is 32.2. The van der Waals surface area contributed by atoms with E-state index >= 15 is 0 Å². The zero-order valence-electron chi connectivity index (χ0n) is 13.4. The highest BCUT2D eigenvalue weighted by Crippen LogP contribution is 2.34. The van der Waals surface area contributed by atoms with Crippen molar-refractivity contribution in [3.05, 3.63) is 41.2 Å². The van der Waals surface area contributed by atoms with Crippen LogP contribution in [0.25, 0.3) is 0 Å². The average molecular weight is 339 g/mol. The van der Waals surface area contributed by atoms with Crippen molar-refractivity contribution in [2.24, 2.45) is 0 Å². The van der Waals surface area contributed by atoms with Crippen molar-refractivity contribution in [1.82, 2.24) is 14.2 Å². The van der Waals surface area contributed by atoms with Crippen LogP contribution in [-0.2, 0) is 10.2 Å². The molecular weight excluding hydrogens is 318 g/mol. The molecule has 0 unspecified atom stereocenters. The first kappa shape index (κ1) is 16.2. The van der Waals surface area contributed by atoms with Crippen LogP contribution < -0.4 is 4.72 Å². The van der Waals surface area contributed by atoms with Gasteiger partial charge in [-0.2, -0.15) is 17.4 Å². The van der Waals surface area contributed by atoms with E-state index in [0.717, 1.165) is 18.4 Å². The Morgan fingerprint density at radius 3 is 2.83 bits per heavy atom. The van der Waals surface area contributed by atoms with E-state index in [0.29, 0.717) is 23.8 Å². The Morgan fingerprint density at radius 2 is 2.22 bits per heavy atom. The number of rotatable bonds is 5. The summed E-state index contributed by atoms with van der Waals surface area (Å²) in [6.45, 7) is 5.86. The van der Waals surface area contributed by atoms with Gasteiger partial charge >= 0.3 is 0 Å². The first-order valence-electron chi connectivity index (χ1n) is 7.65. The van der Waals surface area contributed by atoms with E-state index in [1.165, 1.54) is 4.31 Å². The molecule has 0 aromatic carbocycles. The fraction of sp³-hybridized carbons (Fsp3) is 0.533. The van der Waals surface area contributed by atoms with Crippen molar-refractivity contribution in [3.8, 4) is 0 Å². The Morgan fingerprint density at radius 1 is 1.43 bits per heavy atom. The summed E-state index contributed by atoms with van der Waals surface area (Å²) in [7, 11) is -3.64. The van der Waals surface area contributed by atoms with Gasteiger partial charge in [0.1, 0.15) is 11.5 Å². The minimum Gasteiger partial charge on any atom is -0.468 e. The van der Waals surface area contributed by atoms with Gasteiger partial charge in [0.2, 0.25) is 0 Å². The highest BCUT2D eigenvalue weighted by molar-refractivity contribution is 7.87. The fourth-order valence-corrected chi connectivity index (χ4v) is 4.87. The molecular formula is C15H21N3O4S. The summed E-state index contributed by atoms with van der Waals surface area (Å²) in [4.78, 5) is 0. The summed E-state index contributed by atoms with van der Waals surface area (Å²) in [6, 6.07) is 2.93.